The summed E-state index contributed by atoms with van der Waals surface area (Å²) in [7, 11) is 0. The summed E-state index contributed by atoms with van der Waals surface area (Å²) in [6, 6.07) is 4.63. The van der Waals surface area contributed by atoms with Crippen molar-refractivity contribution in [3.8, 4) is 0 Å². The number of halogens is 3. The summed E-state index contributed by atoms with van der Waals surface area (Å²) in [4.78, 5) is 12.6. The molecule has 1 aliphatic rings. The van der Waals surface area contributed by atoms with Gasteiger partial charge in [0.15, 0.2) is 0 Å². The molecule has 6 heteroatoms. The minimum atomic E-state index is -4.41. The standard InChI is InChI=1S/C13H14F3NO2/c14-13(15,16)10-5-2-1-4-9(10)8-17-7-3-6-11(17)12(18)19/h1-2,4-5,11H,3,6-8H2,(H,18,19). The molecule has 3 nitrogen and oxygen atoms in total. The zero-order valence-electron chi connectivity index (χ0n) is 10.2. The van der Waals surface area contributed by atoms with E-state index < -0.39 is 23.8 Å². The third kappa shape index (κ3) is 3.07. The quantitative estimate of drug-likeness (QED) is 0.920. The minimum absolute atomic E-state index is 0.0205. The number of carboxylic acid groups (broad SMARTS) is 1. The van der Waals surface area contributed by atoms with Crippen LogP contribution in [0.25, 0.3) is 0 Å². The fraction of sp³-hybridized carbons (Fsp3) is 0.462. The molecule has 0 spiro atoms. The van der Waals surface area contributed by atoms with Gasteiger partial charge < -0.3 is 5.11 Å². The second-order valence-electron chi connectivity index (χ2n) is 4.62. The van der Waals surface area contributed by atoms with Crippen LogP contribution in [-0.4, -0.2) is 28.6 Å². The van der Waals surface area contributed by atoms with E-state index in [9.17, 15) is 18.0 Å². The largest absolute Gasteiger partial charge is 0.480 e. The van der Waals surface area contributed by atoms with Crippen molar-refractivity contribution in [1.82, 2.24) is 4.90 Å². The lowest BCUT2D eigenvalue weighted by Gasteiger charge is -2.23. The topological polar surface area (TPSA) is 40.5 Å². The third-order valence-corrected chi connectivity index (χ3v) is 3.34. The summed E-state index contributed by atoms with van der Waals surface area (Å²) < 4.78 is 38.5. The van der Waals surface area contributed by atoms with E-state index in [0.29, 0.717) is 19.4 Å². The maximum Gasteiger partial charge on any atom is 0.416 e. The van der Waals surface area contributed by atoms with E-state index in [2.05, 4.69) is 0 Å². The van der Waals surface area contributed by atoms with Crippen molar-refractivity contribution in [3.05, 3.63) is 35.4 Å². The molecule has 1 atom stereocenters. The van der Waals surface area contributed by atoms with Crippen LogP contribution >= 0.6 is 0 Å². The van der Waals surface area contributed by atoms with Gasteiger partial charge in [-0.25, -0.2) is 0 Å². The number of nitrogens with zero attached hydrogens (tertiary/aromatic N) is 1. The van der Waals surface area contributed by atoms with Crippen LogP contribution in [-0.2, 0) is 17.5 Å². The molecule has 1 N–H and O–H groups in total. The molecular weight excluding hydrogens is 259 g/mol. The highest BCUT2D eigenvalue weighted by molar-refractivity contribution is 5.73. The Kier molecular flexibility index (Phi) is 3.80. The highest BCUT2D eigenvalue weighted by atomic mass is 19.4. The Balaban J connectivity index is 2.22. The Morgan fingerprint density at radius 3 is 2.68 bits per heavy atom. The summed E-state index contributed by atoms with van der Waals surface area (Å²) >= 11 is 0. The van der Waals surface area contributed by atoms with Crippen LogP contribution in [0.2, 0.25) is 0 Å². The molecule has 1 saturated heterocycles. The number of aliphatic carboxylic acids is 1. The van der Waals surface area contributed by atoms with Crippen LogP contribution in [0.4, 0.5) is 13.2 Å². The highest BCUT2D eigenvalue weighted by Gasteiger charge is 2.35. The summed E-state index contributed by atoms with van der Waals surface area (Å²) in [5.41, 5.74) is -0.561. The summed E-state index contributed by atoms with van der Waals surface area (Å²) in [5, 5.41) is 9.03. The van der Waals surface area contributed by atoms with Gasteiger partial charge in [0, 0.05) is 6.54 Å². The van der Waals surface area contributed by atoms with Crippen molar-refractivity contribution in [2.24, 2.45) is 0 Å². The van der Waals surface area contributed by atoms with E-state index in [1.165, 1.54) is 18.2 Å². The number of likely N-dealkylation sites (tertiary alicyclic amines) is 1. The Labute approximate surface area is 108 Å². The van der Waals surface area contributed by atoms with E-state index in [1.807, 2.05) is 0 Å². The van der Waals surface area contributed by atoms with Crippen LogP contribution in [0, 0.1) is 0 Å². The number of rotatable bonds is 3. The van der Waals surface area contributed by atoms with Gasteiger partial charge in [0.1, 0.15) is 6.04 Å². The number of hydrogen-bond donors (Lipinski definition) is 1. The van der Waals surface area contributed by atoms with Gasteiger partial charge in [0.05, 0.1) is 5.56 Å². The molecule has 1 unspecified atom stereocenters. The maximum atomic E-state index is 12.8. The van der Waals surface area contributed by atoms with Crippen LogP contribution in [0.1, 0.15) is 24.0 Å². The third-order valence-electron chi connectivity index (χ3n) is 3.34. The number of carboxylic acids is 1. The highest BCUT2D eigenvalue weighted by Crippen LogP contribution is 2.33. The first-order valence-corrected chi connectivity index (χ1v) is 6.01. The van der Waals surface area contributed by atoms with E-state index in [-0.39, 0.29) is 12.1 Å². The molecule has 19 heavy (non-hydrogen) atoms. The van der Waals surface area contributed by atoms with Crippen molar-refractivity contribution in [3.63, 3.8) is 0 Å². The number of benzene rings is 1. The maximum absolute atomic E-state index is 12.8. The Bertz CT molecular complexity index is 473. The van der Waals surface area contributed by atoms with Gasteiger partial charge in [0.25, 0.3) is 0 Å². The molecule has 0 amide bonds. The van der Waals surface area contributed by atoms with Crippen molar-refractivity contribution in [1.29, 1.82) is 0 Å². The Morgan fingerprint density at radius 1 is 1.37 bits per heavy atom. The average molecular weight is 273 g/mol. The van der Waals surface area contributed by atoms with E-state index >= 15 is 0 Å². The summed E-state index contributed by atoms with van der Waals surface area (Å²) in [5.74, 6) is -0.970. The van der Waals surface area contributed by atoms with Gasteiger partial charge in [-0.15, -0.1) is 0 Å². The predicted octanol–water partition coefficient (Wildman–Crippen LogP) is 2.75. The predicted molar refractivity (Wildman–Crippen MR) is 62.5 cm³/mol. The monoisotopic (exact) mass is 273 g/mol. The SMILES string of the molecule is O=C(O)C1CCCN1Cc1ccccc1C(F)(F)F. The second kappa shape index (κ2) is 5.21. The minimum Gasteiger partial charge on any atom is -0.480 e. The number of carbonyl (C=O) groups is 1. The fourth-order valence-corrected chi connectivity index (χ4v) is 2.45. The Morgan fingerprint density at radius 2 is 2.05 bits per heavy atom. The molecule has 0 aliphatic carbocycles. The van der Waals surface area contributed by atoms with Crippen molar-refractivity contribution in [2.45, 2.75) is 31.6 Å². The lowest BCUT2D eigenvalue weighted by Crippen LogP contribution is -2.35. The smallest absolute Gasteiger partial charge is 0.416 e. The van der Waals surface area contributed by atoms with Crippen molar-refractivity contribution in [2.75, 3.05) is 6.54 Å². The van der Waals surface area contributed by atoms with Gasteiger partial charge >= 0.3 is 12.1 Å². The zero-order valence-corrected chi connectivity index (χ0v) is 10.2. The van der Waals surface area contributed by atoms with Gasteiger partial charge in [-0.3, -0.25) is 9.69 Å². The normalized spacial score (nSPS) is 20.7. The summed E-state index contributed by atoms with van der Waals surface area (Å²) in [6.07, 6.45) is -3.22. The van der Waals surface area contributed by atoms with Crippen LogP contribution < -0.4 is 0 Å². The van der Waals surface area contributed by atoms with Crippen LogP contribution in [0.3, 0.4) is 0 Å². The molecule has 1 heterocycles. The Hall–Kier alpha value is -1.56. The molecule has 1 fully saturated rings. The van der Waals surface area contributed by atoms with Gasteiger partial charge in [-0.2, -0.15) is 13.2 Å². The molecule has 0 aromatic heterocycles. The average Bonchev–Trinajstić information content (AvgIpc) is 2.76. The molecule has 1 aromatic carbocycles. The first-order chi connectivity index (χ1) is 8.89. The zero-order chi connectivity index (χ0) is 14.0. The molecule has 1 aliphatic heterocycles. The van der Waals surface area contributed by atoms with Gasteiger partial charge in [0.2, 0.25) is 0 Å². The molecule has 0 radical (unpaired) electrons. The molecule has 0 saturated carbocycles. The number of alkyl halides is 3. The van der Waals surface area contributed by atoms with E-state index in [1.54, 1.807) is 4.90 Å². The molecular formula is C13H14F3NO2. The van der Waals surface area contributed by atoms with Crippen LogP contribution in [0.15, 0.2) is 24.3 Å². The summed E-state index contributed by atoms with van der Waals surface area (Å²) in [6.45, 7) is 0.538. The molecule has 1 aromatic rings. The van der Waals surface area contributed by atoms with E-state index in [0.717, 1.165) is 6.07 Å². The van der Waals surface area contributed by atoms with E-state index in [4.69, 9.17) is 5.11 Å². The van der Waals surface area contributed by atoms with Gasteiger partial charge in [-0.1, -0.05) is 18.2 Å². The number of hydrogen-bond acceptors (Lipinski definition) is 2. The van der Waals surface area contributed by atoms with Crippen LogP contribution in [0.5, 0.6) is 0 Å². The van der Waals surface area contributed by atoms with Gasteiger partial charge in [-0.05, 0) is 31.0 Å². The first kappa shape index (κ1) is 13.9. The second-order valence-corrected chi connectivity index (χ2v) is 4.62. The van der Waals surface area contributed by atoms with Crippen molar-refractivity contribution >= 4 is 5.97 Å². The lowest BCUT2D eigenvalue weighted by molar-refractivity contribution is -0.142. The molecule has 2 rings (SSSR count). The first-order valence-electron chi connectivity index (χ1n) is 6.01. The fourth-order valence-electron chi connectivity index (χ4n) is 2.45. The molecule has 104 valence electrons. The molecule has 0 bridgehead atoms. The lowest BCUT2D eigenvalue weighted by atomic mass is 10.1. The van der Waals surface area contributed by atoms with Crippen molar-refractivity contribution < 1.29 is 23.1 Å².